The fraction of sp³-hybridized carbons (Fsp3) is 0.524. The van der Waals surface area contributed by atoms with Crippen molar-refractivity contribution in [1.29, 1.82) is 0 Å². The van der Waals surface area contributed by atoms with E-state index in [2.05, 4.69) is 35.7 Å². The van der Waals surface area contributed by atoms with Gasteiger partial charge in [-0.05, 0) is 61.8 Å². The SMILES string of the molecule is Cc1cnn(CC2CCN(C(=O)c3ccccc3[C@H]3CCNC3)CC2)c1. The molecule has 2 saturated heterocycles. The van der Waals surface area contributed by atoms with Gasteiger partial charge < -0.3 is 10.2 Å². The van der Waals surface area contributed by atoms with Gasteiger partial charge in [0, 0.05) is 37.9 Å². The molecule has 0 aliphatic carbocycles. The van der Waals surface area contributed by atoms with Gasteiger partial charge in [0.1, 0.15) is 0 Å². The van der Waals surface area contributed by atoms with Crippen molar-refractivity contribution in [3.63, 3.8) is 0 Å². The van der Waals surface area contributed by atoms with Crippen molar-refractivity contribution in [3.8, 4) is 0 Å². The smallest absolute Gasteiger partial charge is 0.254 e. The maximum absolute atomic E-state index is 13.1. The minimum Gasteiger partial charge on any atom is -0.339 e. The molecule has 3 heterocycles. The zero-order valence-corrected chi connectivity index (χ0v) is 15.5. The number of hydrogen-bond acceptors (Lipinski definition) is 3. The van der Waals surface area contributed by atoms with Crippen LogP contribution in [0.25, 0.3) is 0 Å². The summed E-state index contributed by atoms with van der Waals surface area (Å²) in [5, 5.41) is 7.81. The number of benzene rings is 1. The fourth-order valence-corrected chi connectivity index (χ4v) is 4.29. The normalized spacial score (nSPS) is 21.3. The molecular formula is C21H28N4O. The predicted octanol–water partition coefficient (Wildman–Crippen LogP) is 2.82. The molecule has 0 bridgehead atoms. The Morgan fingerprint density at radius 2 is 2.04 bits per heavy atom. The predicted molar refractivity (Wildman–Crippen MR) is 102 cm³/mol. The van der Waals surface area contributed by atoms with Crippen molar-refractivity contribution < 1.29 is 4.79 Å². The standard InChI is InChI=1S/C21H28N4O/c1-16-12-23-25(14-16)15-17-7-10-24(11-8-17)21(26)20-5-3-2-4-19(20)18-6-9-22-13-18/h2-5,12,14,17-18,22H,6-11,13,15H2,1H3/t18-/m0/s1. The summed E-state index contributed by atoms with van der Waals surface area (Å²) in [6.07, 6.45) is 7.24. The molecule has 138 valence electrons. The number of carbonyl (C=O) groups is 1. The van der Waals surface area contributed by atoms with E-state index in [1.54, 1.807) is 0 Å². The van der Waals surface area contributed by atoms with Gasteiger partial charge in [0.2, 0.25) is 0 Å². The molecule has 5 nitrogen and oxygen atoms in total. The largest absolute Gasteiger partial charge is 0.339 e. The van der Waals surface area contributed by atoms with E-state index in [4.69, 9.17) is 0 Å². The van der Waals surface area contributed by atoms with Gasteiger partial charge in [0.15, 0.2) is 0 Å². The molecule has 2 aliphatic rings. The number of nitrogens with one attached hydrogen (secondary N) is 1. The Morgan fingerprint density at radius 3 is 2.73 bits per heavy atom. The quantitative estimate of drug-likeness (QED) is 0.920. The lowest BCUT2D eigenvalue weighted by Gasteiger charge is -2.32. The molecule has 1 amide bonds. The lowest BCUT2D eigenvalue weighted by molar-refractivity contribution is 0.0679. The van der Waals surface area contributed by atoms with E-state index < -0.39 is 0 Å². The minimum atomic E-state index is 0.209. The van der Waals surface area contributed by atoms with Crippen LogP contribution in [0.5, 0.6) is 0 Å². The number of hydrogen-bond donors (Lipinski definition) is 1. The molecule has 0 unspecified atom stereocenters. The Balaban J connectivity index is 1.39. The van der Waals surface area contributed by atoms with Crippen LogP contribution in [0.15, 0.2) is 36.7 Å². The molecule has 26 heavy (non-hydrogen) atoms. The zero-order chi connectivity index (χ0) is 17.9. The summed E-state index contributed by atoms with van der Waals surface area (Å²) >= 11 is 0. The van der Waals surface area contributed by atoms with Gasteiger partial charge in [0.05, 0.1) is 6.20 Å². The van der Waals surface area contributed by atoms with Crippen LogP contribution in [-0.2, 0) is 6.54 Å². The molecule has 0 saturated carbocycles. The summed E-state index contributed by atoms with van der Waals surface area (Å²) in [5.41, 5.74) is 3.33. The zero-order valence-electron chi connectivity index (χ0n) is 15.5. The van der Waals surface area contributed by atoms with E-state index in [9.17, 15) is 4.79 Å². The van der Waals surface area contributed by atoms with Crippen LogP contribution in [0, 0.1) is 12.8 Å². The van der Waals surface area contributed by atoms with Gasteiger partial charge in [-0.2, -0.15) is 5.10 Å². The Kier molecular flexibility index (Phi) is 5.07. The van der Waals surface area contributed by atoms with Gasteiger partial charge in [0.25, 0.3) is 5.91 Å². The van der Waals surface area contributed by atoms with Crippen molar-refractivity contribution in [2.75, 3.05) is 26.2 Å². The second-order valence-corrected chi connectivity index (χ2v) is 7.75. The van der Waals surface area contributed by atoms with Crippen molar-refractivity contribution >= 4 is 5.91 Å². The van der Waals surface area contributed by atoms with Gasteiger partial charge in [-0.25, -0.2) is 0 Å². The molecule has 0 radical (unpaired) electrons. The molecule has 2 fully saturated rings. The van der Waals surface area contributed by atoms with Crippen molar-refractivity contribution in [2.24, 2.45) is 5.92 Å². The summed E-state index contributed by atoms with van der Waals surface area (Å²) in [5.74, 6) is 1.28. The Hall–Kier alpha value is -2.14. The number of nitrogens with zero attached hydrogens (tertiary/aromatic N) is 3. The summed E-state index contributed by atoms with van der Waals surface area (Å²) < 4.78 is 2.04. The first kappa shape index (κ1) is 17.3. The average Bonchev–Trinajstić information content (AvgIpc) is 3.34. The maximum Gasteiger partial charge on any atom is 0.254 e. The average molecular weight is 352 g/mol. The van der Waals surface area contributed by atoms with Gasteiger partial charge >= 0.3 is 0 Å². The number of aryl methyl sites for hydroxylation is 1. The molecule has 1 aromatic heterocycles. The van der Waals surface area contributed by atoms with Crippen molar-refractivity contribution in [3.05, 3.63) is 53.3 Å². The monoisotopic (exact) mass is 352 g/mol. The van der Waals surface area contributed by atoms with E-state index in [1.165, 1.54) is 11.1 Å². The van der Waals surface area contributed by atoms with Crippen LogP contribution >= 0.6 is 0 Å². The van der Waals surface area contributed by atoms with Crippen LogP contribution in [0.4, 0.5) is 0 Å². The molecule has 2 aliphatic heterocycles. The minimum absolute atomic E-state index is 0.209. The number of piperidine rings is 1. The third kappa shape index (κ3) is 3.68. The summed E-state index contributed by atoms with van der Waals surface area (Å²) in [4.78, 5) is 15.2. The van der Waals surface area contributed by atoms with E-state index in [1.807, 2.05) is 27.9 Å². The highest BCUT2D eigenvalue weighted by atomic mass is 16.2. The van der Waals surface area contributed by atoms with Crippen LogP contribution in [0.3, 0.4) is 0 Å². The maximum atomic E-state index is 13.1. The van der Waals surface area contributed by atoms with Gasteiger partial charge in [-0.15, -0.1) is 0 Å². The summed E-state index contributed by atoms with van der Waals surface area (Å²) in [6, 6.07) is 8.20. The van der Waals surface area contributed by atoms with Gasteiger partial charge in [-0.3, -0.25) is 9.48 Å². The second-order valence-electron chi connectivity index (χ2n) is 7.75. The third-order valence-corrected chi connectivity index (χ3v) is 5.80. The topological polar surface area (TPSA) is 50.2 Å². The lowest BCUT2D eigenvalue weighted by atomic mass is 9.91. The van der Waals surface area contributed by atoms with Crippen LogP contribution in [-0.4, -0.2) is 46.8 Å². The number of rotatable bonds is 4. The fourth-order valence-electron chi connectivity index (χ4n) is 4.29. The summed E-state index contributed by atoms with van der Waals surface area (Å²) in [6.45, 7) is 6.76. The van der Waals surface area contributed by atoms with E-state index in [-0.39, 0.29) is 5.91 Å². The van der Waals surface area contributed by atoms with E-state index >= 15 is 0 Å². The molecule has 2 aromatic rings. The number of amides is 1. The van der Waals surface area contributed by atoms with E-state index in [0.717, 1.165) is 57.5 Å². The highest BCUT2D eigenvalue weighted by Gasteiger charge is 2.27. The third-order valence-electron chi connectivity index (χ3n) is 5.80. The molecule has 5 heteroatoms. The Labute approximate surface area is 155 Å². The molecule has 4 rings (SSSR count). The number of likely N-dealkylation sites (tertiary alicyclic amines) is 1. The highest BCUT2D eigenvalue weighted by Crippen LogP contribution is 2.28. The van der Waals surface area contributed by atoms with Crippen molar-refractivity contribution in [1.82, 2.24) is 20.0 Å². The lowest BCUT2D eigenvalue weighted by Crippen LogP contribution is -2.39. The molecular weight excluding hydrogens is 324 g/mol. The van der Waals surface area contributed by atoms with Crippen LogP contribution in [0.2, 0.25) is 0 Å². The molecule has 1 aromatic carbocycles. The Morgan fingerprint density at radius 1 is 1.23 bits per heavy atom. The van der Waals surface area contributed by atoms with Crippen LogP contribution in [0.1, 0.15) is 46.7 Å². The first-order chi connectivity index (χ1) is 12.7. The first-order valence-electron chi connectivity index (χ1n) is 9.78. The Bertz CT molecular complexity index is 755. The van der Waals surface area contributed by atoms with E-state index in [0.29, 0.717) is 11.8 Å². The summed E-state index contributed by atoms with van der Waals surface area (Å²) in [7, 11) is 0. The second kappa shape index (κ2) is 7.62. The molecule has 1 N–H and O–H groups in total. The number of carbonyl (C=O) groups excluding carboxylic acids is 1. The highest BCUT2D eigenvalue weighted by molar-refractivity contribution is 5.96. The van der Waals surface area contributed by atoms with Crippen molar-refractivity contribution in [2.45, 2.75) is 38.6 Å². The molecule has 1 atom stereocenters. The van der Waals surface area contributed by atoms with Gasteiger partial charge in [-0.1, -0.05) is 18.2 Å². The first-order valence-corrected chi connectivity index (χ1v) is 9.78. The number of aromatic nitrogens is 2. The molecule has 0 spiro atoms. The van der Waals surface area contributed by atoms with Crippen LogP contribution < -0.4 is 5.32 Å².